The molecule has 1 saturated carbocycles. The van der Waals surface area contributed by atoms with E-state index < -0.39 is 12.1 Å². The number of amides is 1. The Balaban J connectivity index is 2.28. The van der Waals surface area contributed by atoms with Crippen LogP contribution in [-0.2, 0) is 4.74 Å². The molecule has 1 amide bonds. The van der Waals surface area contributed by atoms with Crippen molar-refractivity contribution in [3.63, 3.8) is 0 Å². The summed E-state index contributed by atoms with van der Waals surface area (Å²) in [5.41, 5.74) is 0.864. The van der Waals surface area contributed by atoms with Gasteiger partial charge in [-0.2, -0.15) is 0 Å². The highest BCUT2D eigenvalue weighted by atomic mass is 16.5. The maximum absolute atomic E-state index is 11.5. The SMILES string of the molecule is CCOC(=O)Nc1ccc(C)c(OCC2CC2)c1C(=O)O. The summed E-state index contributed by atoms with van der Waals surface area (Å²) in [5.74, 6) is -0.326. The summed E-state index contributed by atoms with van der Waals surface area (Å²) in [5, 5.41) is 11.9. The van der Waals surface area contributed by atoms with E-state index in [1.54, 1.807) is 26.0 Å². The Labute approximate surface area is 123 Å². The zero-order chi connectivity index (χ0) is 15.4. The second-order valence-corrected chi connectivity index (χ2v) is 5.04. The fraction of sp³-hybridized carbons (Fsp3) is 0.467. The number of hydrogen-bond donors (Lipinski definition) is 2. The van der Waals surface area contributed by atoms with Crippen LogP contribution < -0.4 is 10.1 Å². The van der Waals surface area contributed by atoms with E-state index in [-0.39, 0.29) is 17.9 Å². The Bertz CT molecular complexity index is 551. The zero-order valence-corrected chi connectivity index (χ0v) is 12.1. The van der Waals surface area contributed by atoms with Gasteiger partial charge in [-0.15, -0.1) is 0 Å². The van der Waals surface area contributed by atoms with Crippen molar-refractivity contribution in [2.45, 2.75) is 26.7 Å². The fourth-order valence-electron chi connectivity index (χ4n) is 1.95. The molecule has 0 heterocycles. The average Bonchev–Trinajstić information content (AvgIpc) is 3.23. The summed E-state index contributed by atoms with van der Waals surface area (Å²) in [6.07, 6.45) is 1.54. The van der Waals surface area contributed by atoms with Crippen LogP contribution in [0.15, 0.2) is 12.1 Å². The largest absolute Gasteiger partial charge is 0.492 e. The number of carbonyl (C=O) groups excluding carboxylic acids is 1. The number of ether oxygens (including phenoxy) is 2. The Kier molecular flexibility index (Phi) is 4.67. The van der Waals surface area contributed by atoms with Gasteiger partial charge in [0.1, 0.15) is 11.3 Å². The number of nitrogens with one attached hydrogen (secondary N) is 1. The molecule has 1 aromatic rings. The summed E-state index contributed by atoms with van der Waals surface area (Å²) >= 11 is 0. The number of aromatic carboxylic acids is 1. The number of hydrogen-bond acceptors (Lipinski definition) is 4. The Hall–Kier alpha value is -2.24. The number of carbonyl (C=O) groups is 2. The second kappa shape index (κ2) is 6.47. The summed E-state index contributed by atoms with van der Waals surface area (Å²) in [4.78, 5) is 23.0. The van der Waals surface area contributed by atoms with Crippen LogP contribution in [0.25, 0.3) is 0 Å². The molecule has 0 spiro atoms. The molecular weight excluding hydrogens is 274 g/mol. The quantitative estimate of drug-likeness (QED) is 0.842. The standard InChI is InChI=1S/C15H19NO5/c1-3-20-15(19)16-11-7-4-9(2)13(12(11)14(17)18)21-8-10-5-6-10/h4,7,10H,3,5-6,8H2,1-2H3,(H,16,19)(H,17,18). The maximum Gasteiger partial charge on any atom is 0.411 e. The molecule has 0 aliphatic heterocycles. The highest BCUT2D eigenvalue weighted by molar-refractivity contribution is 6.01. The number of anilines is 1. The van der Waals surface area contributed by atoms with Crippen LogP contribution >= 0.6 is 0 Å². The average molecular weight is 293 g/mol. The van der Waals surface area contributed by atoms with Gasteiger partial charge in [0.25, 0.3) is 0 Å². The van der Waals surface area contributed by atoms with Crippen molar-refractivity contribution >= 4 is 17.7 Å². The van der Waals surface area contributed by atoms with Gasteiger partial charge in [-0.1, -0.05) is 6.07 Å². The Morgan fingerprint density at radius 1 is 1.38 bits per heavy atom. The smallest absolute Gasteiger partial charge is 0.411 e. The molecule has 0 saturated heterocycles. The predicted molar refractivity (Wildman–Crippen MR) is 77.0 cm³/mol. The lowest BCUT2D eigenvalue weighted by Crippen LogP contribution is -2.17. The summed E-state index contributed by atoms with van der Waals surface area (Å²) < 4.78 is 10.4. The van der Waals surface area contributed by atoms with Gasteiger partial charge in [0.15, 0.2) is 0 Å². The molecule has 6 heteroatoms. The molecule has 114 valence electrons. The number of aryl methyl sites for hydroxylation is 1. The molecule has 1 aliphatic carbocycles. The van der Waals surface area contributed by atoms with E-state index >= 15 is 0 Å². The van der Waals surface area contributed by atoms with E-state index in [9.17, 15) is 14.7 Å². The van der Waals surface area contributed by atoms with Crippen LogP contribution in [0.3, 0.4) is 0 Å². The molecule has 1 aliphatic rings. The van der Waals surface area contributed by atoms with E-state index in [0.29, 0.717) is 18.3 Å². The molecule has 0 aromatic heterocycles. The van der Waals surface area contributed by atoms with Gasteiger partial charge in [-0.05, 0) is 44.2 Å². The lowest BCUT2D eigenvalue weighted by Gasteiger charge is -2.15. The van der Waals surface area contributed by atoms with E-state index in [1.807, 2.05) is 0 Å². The third kappa shape index (κ3) is 3.87. The summed E-state index contributed by atoms with van der Waals surface area (Å²) in [6.45, 7) is 4.18. The molecule has 0 bridgehead atoms. The second-order valence-electron chi connectivity index (χ2n) is 5.04. The van der Waals surface area contributed by atoms with Crippen molar-refractivity contribution in [1.29, 1.82) is 0 Å². The van der Waals surface area contributed by atoms with Crippen LogP contribution in [0.2, 0.25) is 0 Å². The van der Waals surface area contributed by atoms with E-state index in [1.165, 1.54) is 0 Å². The number of carboxylic acid groups (broad SMARTS) is 1. The fourth-order valence-corrected chi connectivity index (χ4v) is 1.95. The first-order valence-corrected chi connectivity index (χ1v) is 6.96. The number of rotatable bonds is 6. The summed E-state index contributed by atoms with van der Waals surface area (Å²) in [7, 11) is 0. The minimum Gasteiger partial charge on any atom is -0.492 e. The van der Waals surface area contributed by atoms with Crippen LogP contribution in [0.1, 0.15) is 35.7 Å². The molecule has 6 nitrogen and oxygen atoms in total. The minimum absolute atomic E-state index is 0.0382. The van der Waals surface area contributed by atoms with Gasteiger partial charge in [-0.25, -0.2) is 9.59 Å². The predicted octanol–water partition coefficient (Wildman–Crippen LogP) is 3.05. The summed E-state index contributed by atoms with van der Waals surface area (Å²) in [6, 6.07) is 3.26. The molecule has 0 atom stereocenters. The zero-order valence-electron chi connectivity index (χ0n) is 12.1. The van der Waals surface area contributed by atoms with Crippen LogP contribution in [-0.4, -0.2) is 30.4 Å². The molecule has 0 unspecified atom stereocenters. The van der Waals surface area contributed by atoms with E-state index in [0.717, 1.165) is 18.4 Å². The normalized spacial score (nSPS) is 13.6. The van der Waals surface area contributed by atoms with Gasteiger partial charge in [0.05, 0.1) is 18.9 Å². The number of carboxylic acids is 1. The molecule has 1 fully saturated rings. The van der Waals surface area contributed by atoms with Crippen LogP contribution in [0.4, 0.5) is 10.5 Å². The van der Waals surface area contributed by atoms with Gasteiger partial charge < -0.3 is 14.6 Å². The molecular formula is C15H19NO5. The molecule has 1 aromatic carbocycles. The monoisotopic (exact) mass is 293 g/mol. The van der Waals surface area contributed by atoms with Crippen molar-refractivity contribution < 1.29 is 24.2 Å². The van der Waals surface area contributed by atoms with Gasteiger partial charge in [-0.3, -0.25) is 5.32 Å². The first-order valence-electron chi connectivity index (χ1n) is 6.96. The molecule has 21 heavy (non-hydrogen) atoms. The van der Waals surface area contributed by atoms with E-state index in [2.05, 4.69) is 5.32 Å². The minimum atomic E-state index is -1.14. The first kappa shape index (κ1) is 15.2. The number of benzene rings is 1. The maximum atomic E-state index is 11.5. The molecule has 2 N–H and O–H groups in total. The van der Waals surface area contributed by atoms with Crippen molar-refractivity contribution in [1.82, 2.24) is 0 Å². The van der Waals surface area contributed by atoms with Crippen LogP contribution in [0.5, 0.6) is 5.75 Å². The van der Waals surface area contributed by atoms with Crippen molar-refractivity contribution in [3.05, 3.63) is 23.3 Å². The Morgan fingerprint density at radius 3 is 2.67 bits per heavy atom. The van der Waals surface area contributed by atoms with Crippen molar-refractivity contribution in [2.75, 3.05) is 18.5 Å². The highest BCUT2D eigenvalue weighted by Gasteiger charge is 2.25. The van der Waals surface area contributed by atoms with Gasteiger partial charge in [0.2, 0.25) is 0 Å². The highest BCUT2D eigenvalue weighted by Crippen LogP contribution is 2.34. The first-order chi connectivity index (χ1) is 10.0. The van der Waals surface area contributed by atoms with Crippen molar-refractivity contribution in [3.8, 4) is 5.75 Å². The lowest BCUT2D eigenvalue weighted by atomic mass is 10.1. The Morgan fingerprint density at radius 2 is 2.10 bits per heavy atom. The van der Waals surface area contributed by atoms with E-state index in [4.69, 9.17) is 9.47 Å². The third-order valence-electron chi connectivity index (χ3n) is 3.24. The third-order valence-corrected chi connectivity index (χ3v) is 3.24. The topological polar surface area (TPSA) is 84.9 Å². The lowest BCUT2D eigenvalue weighted by molar-refractivity contribution is 0.0693. The van der Waals surface area contributed by atoms with Gasteiger partial charge >= 0.3 is 12.1 Å². The molecule has 2 rings (SSSR count). The molecule has 0 radical (unpaired) electrons. The van der Waals surface area contributed by atoms with Crippen LogP contribution in [0, 0.1) is 12.8 Å². The van der Waals surface area contributed by atoms with Gasteiger partial charge in [0, 0.05) is 0 Å². The van der Waals surface area contributed by atoms with Crippen molar-refractivity contribution in [2.24, 2.45) is 5.92 Å².